The first-order chi connectivity index (χ1) is 13.9. The van der Waals surface area contributed by atoms with Gasteiger partial charge in [-0.05, 0) is 75.9 Å². The fraction of sp³-hybridized carbons (Fsp3) is 0.458. The van der Waals surface area contributed by atoms with Crippen LogP contribution in [-0.2, 0) is 4.74 Å². The largest absolute Gasteiger partial charge is 0.493 e. The Balaban J connectivity index is 1.75. The molecule has 0 aliphatic carbocycles. The fourth-order valence-corrected chi connectivity index (χ4v) is 3.48. The van der Waals surface area contributed by atoms with Crippen molar-refractivity contribution < 1.29 is 14.3 Å². The predicted octanol–water partition coefficient (Wildman–Crippen LogP) is 4.68. The number of piperidine rings is 1. The average molecular weight is 397 g/mol. The van der Waals surface area contributed by atoms with Crippen LogP contribution in [0.25, 0.3) is 0 Å². The Labute approximate surface area is 173 Å². The lowest BCUT2D eigenvalue weighted by Gasteiger charge is -2.25. The summed E-state index contributed by atoms with van der Waals surface area (Å²) in [5.74, 6) is 1.41. The Bertz CT molecular complexity index is 780. The van der Waals surface area contributed by atoms with Gasteiger partial charge in [0.15, 0.2) is 0 Å². The highest BCUT2D eigenvalue weighted by Gasteiger charge is 2.22. The van der Waals surface area contributed by atoms with Crippen LogP contribution in [0.4, 0.5) is 4.79 Å². The molecular weight excluding hydrogens is 364 g/mol. The van der Waals surface area contributed by atoms with E-state index in [0.717, 1.165) is 49.4 Å². The molecule has 0 bridgehead atoms. The van der Waals surface area contributed by atoms with Gasteiger partial charge in [0, 0.05) is 0 Å². The minimum absolute atomic E-state index is 0.312. The van der Waals surface area contributed by atoms with Crippen LogP contribution in [-0.4, -0.2) is 31.4 Å². The molecule has 2 aromatic rings. The van der Waals surface area contributed by atoms with E-state index < -0.39 is 11.7 Å². The summed E-state index contributed by atoms with van der Waals surface area (Å²) in [6.45, 7) is 8.42. The zero-order valence-electron chi connectivity index (χ0n) is 17.6. The van der Waals surface area contributed by atoms with Crippen LogP contribution in [0.5, 0.6) is 5.75 Å². The standard InChI is InChI=1S/C24H32N2O3/c1-24(2,3)29-23(27)26-22(19-8-5-4-6-9-19)20-10-7-11-21(16-20)28-17-18-12-14-25-15-13-18/h4-11,16,18,22,25H,12-15,17H2,1-3H3,(H,26,27). The molecule has 0 aromatic heterocycles. The van der Waals surface area contributed by atoms with Crippen molar-refractivity contribution in [3.05, 3.63) is 65.7 Å². The second-order valence-corrected chi connectivity index (χ2v) is 8.57. The molecule has 1 amide bonds. The van der Waals surface area contributed by atoms with Crippen LogP contribution >= 0.6 is 0 Å². The normalized spacial score (nSPS) is 16.1. The van der Waals surface area contributed by atoms with Crippen molar-refractivity contribution in [2.24, 2.45) is 5.92 Å². The summed E-state index contributed by atoms with van der Waals surface area (Å²) in [7, 11) is 0. The maximum atomic E-state index is 12.5. The molecule has 2 N–H and O–H groups in total. The van der Waals surface area contributed by atoms with Crippen molar-refractivity contribution in [3.63, 3.8) is 0 Å². The molecule has 5 nitrogen and oxygen atoms in total. The van der Waals surface area contributed by atoms with E-state index >= 15 is 0 Å². The first kappa shape index (κ1) is 21.2. The quantitative estimate of drug-likeness (QED) is 0.744. The Morgan fingerprint density at radius 2 is 1.76 bits per heavy atom. The zero-order valence-corrected chi connectivity index (χ0v) is 17.6. The van der Waals surface area contributed by atoms with E-state index in [4.69, 9.17) is 9.47 Å². The van der Waals surface area contributed by atoms with Crippen LogP contribution in [0.3, 0.4) is 0 Å². The number of ether oxygens (including phenoxy) is 2. The van der Waals surface area contributed by atoms with E-state index in [1.165, 1.54) is 0 Å². The highest BCUT2D eigenvalue weighted by atomic mass is 16.6. The molecule has 1 saturated heterocycles. The molecule has 156 valence electrons. The zero-order chi connectivity index (χ0) is 20.7. The number of rotatable bonds is 6. The van der Waals surface area contributed by atoms with Gasteiger partial charge in [0.25, 0.3) is 0 Å². The van der Waals surface area contributed by atoms with Crippen molar-refractivity contribution >= 4 is 6.09 Å². The van der Waals surface area contributed by atoms with Gasteiger partial charge in [-0.25, -0.2) is 4.79 Å². The van der Waals surface area contributed by atoms with Crippen LogP contribution in [0, 0.1) is 5.92 Å². The van der Waals surface area contributed by atoms with Gasteiger partial charge in [-0.3, -0.25) is 0 Å². The summed E-state index contributed by atoms with van der Waals surface area (Å²) < 4.78 is 11.6. The molecule has 0 radical (unpaired) electrons. The average Bonchev–Trinajstić information content (AvgIpc) is 2.71. The van der Waals surface area contributed by atoms with Crippen molar-refractivity contribution in [2.75, 3.05) is 19.7 Å². The molecule has 1 atom stereocenters. The molecule has 2 aromatic carbocycles. The topological polar surface area (TPSA) is 59.6 Å². The van der Waals surface area contributed by atoms with E-state index in [1.807, 2.05) is 75.4 Å². The third kappa shape index (κ3) is 6.79. The van der Waals surface area contributed by atoms with E-state index in [0.29, 0.717) is 5.92 Å². The van der Waals surface area contributed by atoms with Crippen LogP contribution in [0.2, 0.25) is 0 Å². The summed E-state index contributed by atoms with van der Waals surface area (Å²) in [5.41, 5.74) is 1.41. The van der Waals surface area contributed by atoms with Crippen LogP contribution in [0.1, 0.15) is 50.8 Å². The van der Waals surface area contributed by atoms with Gasteiger partial charge in [-0.2, -0.15) is 0 Å². The van der Waals surface area contributed by atoms with Crippen molar-refractivity contribution in [1.29, 1.82) is 0 Å². The molecule has 1 fully saturated rings. The van der Waals surface area contributed by atoms with E-state index in [2.05, 4.69) is 10.6 Å². The molecule has 1 unspecified atom stereocenters. The Kier molecular flexibility index (Phi) is 7.15. The number of benzene rings is 2. The molecular formula is C24H32N2O3. The number of carbonyl (C=O) groups excluding carboxylic acids is 1. The van der Waals surface area contributed by atoms with Crippen molar-refractivity contribution in [2.45, 2.75) is 45.3 Å². The number of nitrogens with one attached hydrogen (secondary N) is 2. The lowest BCUT2D eigenvalue weighted by atomic mass is 9.98. The van der Waals surface area contributed by atoms with Crippen LogP contribution < -0.4 is 15.4 Å². The van der Waals surface area contributed by atoms with Crippen LogP contribution in [0.15, 0.2) is 54.6 Å². The number of carbonyl (C=O) groups is 1. The summed E-state index contributed by atoms with van der Waals surface area (Å²) in [6.07, 6.45) is 1.85. The maximum absolute atomic E-state index is 12.5. The van der Waals surface area contributed by atoms with Gasteiger partial charge < -0.3 is 20.1 Å². The van der Waals surface area contributed by atoms with Gasteiger partial charge in [-0.15, -0.1) is 0 Å². The summed E-state index contributed by atoms with van der Waals surface area (Å²) in [4.78, 5) is 12.5. The molecule has 1 heterocycles. The Morgan fingerprint density at radius 1 is 1.07 bits per heavy atom. The lowest BCUT2D eigenvalue weighted by molar-refractivity contribution is 0.0512. The number of alkyl carbamates (subject to hydrolysis) is 1. The van der Waals surface area contributed by atoms with E-state index in [-0.39, 0.29) is 6.04 Å². The summed E-state index contributed by atoms with van der Waals surface area (Å²) >= 11 is 0. The lowest BCUT2D eigenvalue weighted by Crippen LogP contribution is -2.35. The molecule has 0 spiro atoms. The number of hydrogen-bond donors (Lipinski definition) is 2. The molecule has 29 heavy (non-hydrogen) atoms. The van der Waals surface area contributed by atoms with Gasteiger partial charge in [-0.1, -0.05) is 42.5 Å². The Morgan fingerprint density at radius 3 is 2.45 bits per heavy atom. The fourth-order valence-electron chi connectivity index (χ4n) is 3.48. The second-order valence-electron chi connectivity index (χ2n) is 8.57. The van der Waals surface area contributed by atoms with E-state index in [9.17, 15) is 4.79 Å². The Hall–Kier alpha value is -2.53. The molecule has 1 aliphatic rings. The minimum atomic E-state index is -0.550. The van der Waals surface area contributed by atoms with Gasteiger partial charge in [0.1, 0.15) is 11.4 Å². The first-order valence-corrected chi connectivity index (χ1v) is 10.4. The molecule has 3 rings (SSSR count). The highest BCUT2D eigenvalue weighted by molar-refractivity contribution is 5.69. The summed E-state index contributed by atoms with van der Waals surface area (Å²) in [6, 6.07) is 17.6. The van der Waals surface area contributed by atoms with Crippen molar-refractivity contribution in [3.8, 4) is 5.75 Å². The summed E-state index contributed by atoms with van der Waals surface area (Å²) in [5, 5.41) is 6.40. The molecule has 1 aliphatic heterocycles. The second kappa shape index (κ2) is 9.79. The predicted molar refractivity (Wildman–Crippen MR) is 115 cm³/mol. The number of amides is 1. The first-order valence-electron chi connectivity index (χ1n) is 10.4. The molecule has 5 heteroatoms. The molecule has 0 saturated carbocycles. The smallest absolute Gasteiger partial charge is 0.408 e. The monoisotopic (exact) mass is 396 g/mol. The van der Waals surface area contributed by atoms with Gasteiger partial charge in [0.05, 0.1) is 12.6 Å². The van der Waals surface area contributed by atoms with E-state index in [1.54, 1.807) is 0 Å². The minimum Gasteiger partial charge on any atom is -0.493 e. The van der Waals surface area contributed by atoms with Gasteiger partial charge >= 0.3 is 6.09 Å². The SMILES string of the molecule is CC(C)(C)OC(=O)NC(c1ccccc1)c1cccc(OCC2CCNCC2)c1. The third-order valence-corrected chi connectivity index (χ3v) is 4.93. The maximum Gasteiger partial charge on any atom is 0.408 e. The van der Waals surface area contributed by atoms with Gasteiger partial charge in [0.2, 0.25) is 0 Å². The highest BCUT2D eigenvalue weighted by Crippen LogP contribution is 2.26. The number of hydrogen-bond acceptors (Lipinski definition) is 4. The van der Waals surface area contributed by atoms with Crippen molar-refractivity contribution in [1.82, 2.24) is 10.6 Å². The third-order valence-electron chi connectivity index (χ3n) is 4.93.